The Morgan fingerprint density at radius 3 is 1.27 bits per heavy atom. The fraction of sp³-hybridized carbons (Fsp3) is 0. The molecule has 9 rings (SSSR count). The first-order valence-corrected chi connectivity index (χ1v) is 16.2. The van der Waals surface area contributed by atoms with Crippen molar-refractivity contribution >= 4 is 32.3 Å². The van der Waals surface area contributed by atoms with Crippen LogP contribution in [0.3, 0.4) is 0 Å². The van der Waals surface area contributed by atoms with Crippen molar-refractivity contribution in [3.05, 3.63) is 176 Å². The van der Waals surface area contributed by atoms with Gasteiger partial charge in [0.25, 0.3) is 0 Å². The molecule has 3 nitrogen and oxygen atoms in total. The summed E-state index contributed by atoms with van der Waals surface area (Å²) in [6.07, 6.45) is 0. The molecule has 0 unspecified atom stereocenters. The van der Waals surface area contributed by atoms with Crippen molar-refractivity contribution in [1.82, 2.24) is 15.0 Å². The van der Waals surface area contributed by atoms with Gasteiger partial charge in [0, 0.05) is 16.7 Å². The molecule has 0 saturated heterocycles. The zero-order chi connectivity index (χ0) is 31.9. The lowest BCUT2D eigenvalue weighted by Crippen LogP contribution is -2.00. The third kappa shape index (κ3) is 4.90. The quantitative estimate of drug-likeness (QED) is 0.182. The van der Waals surface area contributed by atoms with E-state index in [2.05, 4.69) is 115 Å². The minimum atomic E-state index is 0.656. The molecule has 224 valence electrons. The van der Waals surface area contributed by atoms with Crippen LogP contribution in [-0.2, 0) is 0 Å². The summed E-state index contributed by atoms with van der Waals surface area (Å²) in [6.45, 7) is 0. The molecule has 0 N–H and O–H groups in total. The fourth-order valence-electron chi connectivity index (χ4n) is 6.80. The van der Waals surface area contributed by atoms with Crippen LogP contribution < -0.4 is 0 Å². The molecular weight excluding hydrogens is 583 g/mol. The summed E-state index contributed by atoms with van der Waals surface area (Å²) < 4.78 is 0. The van der Waals surface area contributed by atoms with Gasteiger partial charge in [0.2, 0.25) is 0 Å². The van der Waals surface area contributed by atoms with Gasteiger partial charge in [0.1, 0.15) is 0 Å². The van der Waals surface area contributed by atoms with Gasteiger partial charge in [-0.2, -0.15) is 0 Å². The molecule has 0 aliphatic heterocycles. The molecule has 0 aliphatic rings. The lowest BCUT2D eigenvalue weighted by atomic mass is 9.91. The average Bonchev–Trinajstić information content (AvgIpc) is 3.18. The Kier molecular flexibility index (Phi) is 6.80. The molecule has 1 aromatic heterocycles. The van der Waals surface area contributed by atoms with Gasteiger partial charge in [-0.15, -0.1) is 0 Å². The molecule has 0 bridgehead atoms. The maximum Gasteiger partial charge on any atom is 0.164 e. The third-order valence-corrected chi connectivity index (χ3v) is 9.14. The molecule has 8 aromatic carbocycles. The fourth-order valence-corrected chi connectivity index (χ4v) is 6.80. The number of hydrogen-bond donors (Lipinski definition) is 0. The van der Waals surface area contributed by atoms with Crippen molar-refractivity contribution in [3.63, 3.8) is 0 Å². The van der Waals surface area contributed by atoms with E-state index in [4.69, 9.17) is 15.0 Å². The van der Waals surface area contributed by atoms with Gasteiger partial charge < -0.3 is 0 Å². The Labute approximate surface area is 278 Å². The highest BCUT2D eigenvalue weighted by molar-refractivity contribution is 6.14. The molecule has 0 radical (unpaired) electrons. The lowest BCUT2D eigenvalue weighted by molar-refractivity contribution is 1.08. The van der Waals surface area contributed by atoms with Gasteiger partial charge in [-0.25, -0.2) is 15.0 Å². The molecule has 9 aromatic rings. The largest absolute Gasteiger partial charge is 0.208 e. The highest BCUT2D eigenvalue weighted by Crippen LogP contribution is 2.38. The number of fused-ring (bicyclic) bond motifs is 4. The van der Waals surface area contributed by atoms with Crippen molar-refractivity contribution in [2.24, 2.45) is 0 Å². The standard InChI is InChI=1S/C45H29N3/c1-3-13-32(14-4-1)43-46-44(33-15-5-2-6-16-33)48-45(47-43)41-28-27-36(38-20-9-11-21-39(38)41)30-23-25-31(26-24-30)42-29-34-17-7-8-18-35(34)37-19-10-12-22-40(37)42/h1-29H. The topological polar surface area (TPSA) is 38.7 Å². The predicted molar refractivity (Wildman–Crippen MR) is 200 cm³/mol. The number of aromatic nitrogens is 3. The van der Waals surface area contributed by atoms with Crippen molar-refractivity contribution in [3.8, 4) is 56.4 Å². The van der Waals surface area contributed by atoms with Gasteiger partial charge in [-0.1, -0.05) is 164 Å². The molecule has 0 aliphatic carbocycles. The van der Waals surface area contributed by atoms with Crippen LogP contribution in [0, 0.1) is 0 Å². The van der Waals surface area contributed by atoms with Gasteiger partial charge >= 0.3 is 0 Å². The summed E-state index contributed by atoms with van der Waals surface area (Å²) in [7, 11) is 0. The van der Waals surface area contributed by atoms with Crippen molar-refractivity contribution in [1.29, 1.82) is 0 Å². The van der Waals surface area contributed by atoms with E-state index in [1.54, 1.807) is 0 Å². The number of benzene rings is 8. The van der Waals surface area contributed by atoms with E-state index < -0.39 is 0 Å². The van der Waals surface area contributed by atoms with Gasteiger partial charge in [-0.3, -0.25) is 0 Å². The summed E-state index contributed by atoms with van der Waals surface area (Å²) in [6, 6.07) is 61.8. The first-order chi connectivity index (χ1) is 23.8. The van der Waals surface area contributed by atoms with Crippen LogP contribution in [0.4, 0.5) is 0 Å². The molecule has 0 fully saturated rings. The molecule has 3 heteroatoms. The van der Waals surface area contributed by atoms with E-state index >= 15 is 0 Å². The summed E-state index contributed by atoms with van der Waals surface area (Å²) >= 11 is 0. The van der Waals surface area contributed by atoms with Crippen LogP contribution >= 0.6 is 0 Å². The monoisotopic (exact) mass is 611 g/mol. The molecule has 0 amide bonds. The third-order valence-electron chi connectivity index (χ3n) is 9.14. The molecular formula is C45H29N3. The van der Waals surface area contributed by atoms with Crippen LogP contribution in [0.5, 0.6) is 0 Å². The molecule has 0 spiro atoms. The smallest absolute Gasteiger partial charge is 0.164 e. The van der Waals surface area contributed by atoms with Gasteiger partial charge in [0.05, 0.1) is 0 Å². The maximum absolute atomic E-state index is 5.02. The average molecular weight is 612 g/mol. The van der Waals surface area contributed by atoms with E-state index in [0.717, 1.165) is 33.0 Å². The van der Waals surface area contributed by atoms with Gasteiger partial charge in [0.15, 0.2) is 17.5 Å². The van der Waals surface area contributed by atoms with Crippen LogP contribution in [0.25, 0.3) is 88.7 Å². The Balaban J connectivity index is 1.16. The summed E-state index contributed by atoms with van der Waals surface area (Å²) in [5.41, 5.74) is 7.67. The van der Waals surface area contributed by atoms with E-state index in [-0.39, 0.29) is 0 Å². The second kappa shape index (κ2) is 11.7. The zero-order valence-corrected chi connectivity index (χ0v) is 26.1. The summed E-state index contributed by atoms with van der Waals surface area (Å²) in [4.78, 5) is 14.9. The van der Waals surface area contributed by atoms with Crippen LogP contribution in [0.1, 0.15) is 0 Å². The minimum Gasteiger partial charge on any atom is -0.208 e. The Hall–Kier alpha value is -6.45. The predicted octanol–water partition coefficient (Wildman–Crippen LogP) is 11.7. The molecule has 0 saturated carbocycles. The van der Waals surface area contributed by atoms with Gasteiger partial charge in [-0.05, 0) is 66.7 Å². The normalized spacial score (nSPS) is 11.3. The molecule has 48 heavy (non-hydrogen) atoms. The van der Waals surface area contributed by atoms with Crippen molar-refractivity contribution in [2.75, 3.05) is 0 Å². The first-order valence-electron chi connectivity index (χ1n) is 16.2. The SMILES string of the molecule is c1ccc(-c2nc(-c3ccccc3)nc(-c3ccc(-c4ccc(-c5cc6ccccc6c6ccccc56)cc4)c4ccccc34)n2)cc1. The maximum atomic E-state index is 5.02. The Morgan fingerprint density at radius 2 is 0.667 bits per heavy atom. The lowest BCUT2D eigenvalue weighted by Gasteiger charge is -2.14. The number of hydrogen-bond acceptors (Lipinski definition) is 3. The van der Waals surface area contributed by atoms with E-state index in [0.29, 0.717) is 17.5 Å². The van der Waals surface area contributed by atoms with E-state index in [1.165, 1.54) is 38.2 Å². The Morgan fingerprint density at radius 1 is 0.250 bits per heavy atom. The second-order valence-corrected chi connectivity index (χ2v) is 12.0. The van der Waals surface area contributed by atoms with Crippen LogP contribution in [0.2, 0.25) is 0 Å². The Bertz CT molecular complexity index is 2540. The number of nitrogens with zero attached hydrogens (tertiary/aromatic N) is 3. The van der Waals surface area contributed by atoms with E-state index in [9.17, 15) is 0 Å². The van der Waals surface area contributed by atoms with Crippen LogP contribution in [0.15, 0.2) is 176 Å². The van der Waals surface area contributed by atoms with Crippen LogP contribution in [-0.4, -0.2) is 15.0 Å². The molecule has 1 heterocycles. The minimum absolute atomic E-state index is 0.656. The number of rotatable bonds is 5. The second-order valence-electron chi connectivity index (χ2n) is 12.0. The zero-order valence-electron chi connectivity index (χ0n) is 26.1. The molecule has 0 atom stereocenters. The van der Waals surface area contributed by atoms with Crippen molar-refractivity contribution < 1.29 is 0 Å². The van der Waals surface area contributed by atoms with E-state index in [1.807, 2.05) is 60.7 Å². The summed E-state index contributed by atoms with van der Waals surface area (Å²) in [5.74, 6) is 1.97. The van der Waals surface area contributed by atoms with Crippen molar-refractivity contribution in [2.45, 2.75) is 0 Å². The highest BCUT2D eigenvalue weighted by Gasteiger charge is 2.16. The highest BCUT2D eigenvalue weighted by atomic mass is 15.0. The first kappa shape index (κ1) is 27.8. The summed E-state index contributed by atoms with van der Waals surface area (Å²) in [5, 5.41) is 7.33.